The first-order valence-corrected chi connectivity index (χ1v) is 8.05. The first-order valence-electron chi connectivity index (χ1n) is 7.26. The summed E-state index contributed by atoms with van der Waals surface area (Å²) < 4.78 is 3.26. The number of nitrogens with two attached hydrogens (primary N) is 1. The van der Waals surface area contributed by atoms with E-state index in [2.05, 4.69) is 51.4 Å². The first-order chi connectivity index (χ1) is 9.08. The van der Waals surface area contributed by atoms with E-state index in [4.69, 9.17) is 5.73 Å². The number of aromatic nitrogens is 2. The van der Waals surface area contributed by atoms with Crippen molar-refractivity contribution in [3.63, 3.8) is 0 Å². The molecule has 2 rings (SSSR count). The van der Waals surface area contributed by atoms with Gasteiger partial charge in [-0.3, -0.25) is 9.58 Å². The van der Waals surface area contributed by atoms with Gasteiger partial charge in [0.05, 0.1) is 15.9 Å². The molecule has 5 heteroatoms. The number of halogens is 1. The second-order valence-corrected chi connectivity index (χ2v) is 6.30. The molecule has 2 unspecified atom stereocenters. The Hall–Kier alpha value is -0.390. The highest BCUT2D eigenvalue weighted by atomic mass is 79.9. The lowest BCUT2D eigenvalue weighted by Crippen LogP contribution is -2.48. The van der Waals surface area contributed by atoms with Gasteiger partial charge in [0.2, 0.25) is 0 Å². The molecular weight excluding hydrogens is 304 g/mol. The van der Waals surface area contributed by atoms with Crippen LogP contribution >= 0.6 is 15.9 Å². The normalized spacial score (nSPS) is 24.9. The maximum Gasteiger partial charge on any atom is 0.0739 e. The van der Waals surface area contributed by atoms with E-state index in [1.807, 2.05) is 0 Å². The van der Waals surface area contributed by atoms with Crippen molar-refractivity contribution >= 4 is 15.9 Å². The van der Waals surface area contributed by atoms with Crippen molar-refractivity contribution in [3.8, 4) is 0 Å². The third-order valence-electron chi connectivity index (χ3n) is 4.25. The standard InChI is InChI=1S/C14H25BrN4/c1-4-19-13(14(15)11(3)17-19)9-18-10(2)6-5-7-12(18)8-16/h10,12H,4-9,16H2,1-3H3. The maximum atomic E-state index is 5.95. The minimum atomic E-state index is 0.510. The lowest BCUT2D eigenvalue weighted by Gasteiger charge is -2.40. The fraction of sp³-hybridized carbons (Fsp3) is 0.786. The summed E-state index contributed by atoms with van der Waals surface area (Å²) in [6.07, 6.45) is 3.79. The Labute approximate surface area is 124 Å². The summed E-state index contributed by atoms with van der Waals surface area (Å²) in [5.41, 5.74) is 8.31. The minimum absolute atomic E-state index is 0.510. The molecule has 2 atom stereocenters. The number of hydrogen-bond acceptors (Lipinski definition) is 3. The van der Waals surface area contributed by atoms with E-state index in [9.17, 15) is 0 Å². The molecule has 2 heterocycles. The van der Waals surface area contributed by atoms with Crippen LogP contribution in [0, 0.1) is 6.92 Å². The largest absolute Gasteiger partial charge is 0.329 e. The summed E-state index contributed by atoms with van der Waals surface area (Å²) in [4.78, 5) is 2.55. The summed E-state index contributed by atoms with van der Waals surface area (Å²) >= 11 is 3.69. The van der Waals surface area contributed by atoms with E-state index in [1.54, 1.807) is 0 Å². The first kappa shape index (κ1) is 15.0. The molecule has 0 radical (unpaired) electrons. The Balaban J connectivity index is 2.23. The van der Waals surface area contributed by atoms with Crippen LogP contribution in [0.5, 0.6) is 0 Å². The van der Waals surface area contributed by atoms with Crippen LogP contribution in [-0.4, -0.2) is 33.3 Å². The Morgan fingerprint density at radius 3 is 2.79 bits per heavy atom. The third-order valence-corrected chi connectivity index (χ3v) is 5.28. The lowest BCUT2D eigenvalue weighted by molar-refractivity contribution is 0.0859. The zero-order valence-corrected chi connectivity index (χ0v) is 13.8. The summed E-state index contributed by atoms with van der Waals surface area (Å²) in [5, 5.41) is 4.58. The van der Waals surface area contributed by atoms with E-state index < -0.39 is 0 Å². The van der Waals surface area contributed by atoms with Crippen LogP contribution in [0.3, 0.4) is 0 Å². The Bertz CT molecular complexity index is 429. The Kier molecular flexibility index (Phi) is 5.03. The fourth-order valence-electron chi connectivity index (χ4n) is 3.07. The van der Waals surface area contributed by atoms with Gasteiger partial charge in [0.15, 0.2) is 0 Å². The molecular formula is C14H25BrN4. The molecule has 0 amide bonds. The molecule has 2 N–H and O–H groups in total. The molecule has 0 bridgehead atoms. The highest BCUT2D eigenvalue weighted by Gasteiger charge is 2.28. The molecule has 4 nitrogen and oxygen atoms in total. The van der Waals surface area contributed by atoms with Gasteiger partial charge in [0.25, 0.3) is 0 Å². The molecule has 1 saturated heterocycles. The molecule has 0 aromatic carbocycles. The molecule has 0 spiro atoms. The Morgan fingerprint density at radius 1 is 1.42 bits per heavy atom. The van der Waals surface area contributed by atoms with Gasteiger partial charge in [-0.15, -0.1) is 0 Å². The number of aryl methyl sites for hydroxylation is 2. The number of nitrogens with zero attached hydrogens (tertiary/aromatic N) is 3. The summed E-state index contributed by atoms with van der Waals surface area (Å²) in [6.45, 7) is 9.12. The number of likely N-dealkylation sites (tertiary alicyclic amines) is 1. The van der Waals surface area contributed by atoms with Crippen LogP contribution in [-0.2, 0) is 13.1 Å². The summed E-state index contributed by atoms with van der Waals surface area (Å²) in [7, 11) is 0. The van der Waals surface area contributed by atoms with Crippen molar-refractivity contribution in [1.82, 2.24) is 14.7 Å². The van der Waals surface area contributed by atoms with E-state index in [-0.39, 0.29) is 0 Å². The number of piperidine rings is 1. The minimum Gasteiger partial charge on any atom is -0.329 e. The predicted octanol–water partition coefficient (Wildman–Crippen LogP) is 2.68. The molecule has 1 fully saturated rings. The van der Waals surface area contributed by atoms with Gasteiger partial charge < -0.3 is 5.73 Å². The van der Waals surface area contributed by atoms with Gasteiger partial charge in [-0.1, -0.05) is 6.42 Å². The van der Waals surface area contributed by atoms with Crippen molar-refractivity contribution in [3.05, 3.63) is 15.9 Å². The molecule has 0 aliphatic carbocycles. The summed E-state index contributed by atoms with van der Waals surface area (Å²) in [5.74, 6) is 0. The van der Waals surface area contributed by atoms with Crippen LogP contribution in [0.25, 0.3) is 0 Å². The smallest absolute Gasteiger partial charge is 0.0739 e. The van der Waals surface area contributed by atoms with Crippen LogP contribution in [0.2, 0.25) is 0 Å². The molecule has 1 aromatic heterocycles. The average molecular weight is 329 g/mol. The van der Waals surface area contributed by atoms with E-state index >= 15 is 0 Å². The molecule has 19 heavy (non-hydrogen) atoms. The van der Waals surface area contributed by atoms with Crippen molar-refractivity contribution in [1.29, 1.82) is 0 Å². The third kappa shape index (κ3) is 3.03. The second kappa shape index (κ2) is 6.37. The van der Waals surface area contributed by atoms with Crippen molar-refractivity contribution in [2.24, 2.45) is 5.73 Å². The van der Waals surface area contributed by atoms with E-state index in [1.165, 1.54) is 25.0 Å². The van der Waals surface area contributed by atoms with Gasteiger partial charge in [0, 0.05) is 31.7 Å². The fourth-order valence-corrected chi connectivity index (χ4v) is 3.48. The highest BCUT2D eigenvalue weighted by molar-refractivity contribution is 9.10. The Morgan fingerprint density at radius 2 is 2.16 bits per heavy atom. The quantitative estimate of drug-likeness (QED) is 0.924. The monoisotopic (exact) mass is 328 g/mol. The summed E-state index contributed by atoms with van der Waals surface area (Å²) in [6, 6.07) is 1.12. The molecule has 1 aromatic rings. The SMILES string of the molecule is CCn1nc(C)c(Br)c1CN1C(C)CCCC1CN. The van der Waals surface area contributed by atoms with Gasteiger partial charge in [0.1, 0.15) is 0 Å². The molecule has 1 aliphatic heterocycles. The van der Waals surface area contributed by atoms with Gasteiger partial charge in [-0.2, -0.15) is 5.10 Å². The zero-order valence-electron chi connectivity index (χ0n) is 12.2. The second-order valence-electron chi connectivity index (χ2n) is 5.50. The molecule has 1 aliphatic rings. The van der Waals surface area contributed by atoms with Crippen molar-refractivity contribution in [2.75, 3.05) is 6.54 Å². The predicted molar refractivity (Wildman–Crippen MR) is 82.0 cm³/mol. The van der Waals surface area contributed by atoms with Crippen LogP contribution in [0.1, 0.15) is 44.5 Å². The van der Waals surface area contributed by atoms with Crippen molar-refractivity contribution < 1.29 is 0 Å². The van der Waals surface area contributed by atoms with Gasteiger partial charge in [-0.25, -0.2) is 0 Å². The maximum absolute atomic E-state index is 5.95. The molecule has 0 saturated carbocycles. The zero-order chi connectivity index (χ0) is 14.0. The van der Waals surface area contributed by atoms with Crippen LogP contribution in [0.4, 0.5) is 0 Å². The lowest BCUT2D eigenvalue weighted by atomic mass is 9.96. The van der Waals surface area contributed by atoms with E-state index in [0.717, 1.165) is 29.8 Å². The highest BCUT2D eigenvalue weighted by Crippen LogP contribution is 2.28. The van der Waals surface area contributed by atoms with Gasteiger partial charge >= 0.3 is 0 Å². The van der Waals surface area contributed by atoms with E-state index in [0.29, 0.717) is 12.1 Å². The van der Waals surface area contributed by atoms with Crippen LogP contribution in [0.15, 0.2) is 4.47 Å². The van der Waals surface area contributed by atoms with Crippen molar-refractivity contribution in [2.45, 2.75) is 65.2 Å². The average Bonchev–Trinajstić information content (AvgIpc) is 2.68. The van der Waals surface area contributed by atoms with Gasteiger partial charge in [-0.05, 0) is 49.5 Å². The topological polar surface area (TPSA) is 47.1 Å². The molecule has 108 valence electrons. The number of rotatable bonds is 4. The number of hydrogen-bond donors (Lipinski definition) is 1. The van der Waals surface area contributed by atoms with Crippen LogP contribution < -0.4 is 5.73 Å².